The van der Waals surface area contributed by atoms with Crippen molar-refractivity contribution in [2.75, 3.05) is 0 Å². The highest BCUT2D eigenvalue weighted by atomic mass is 127. The lowest BCUT2D eigenvalue weighted by Gasteiger charge is -2.27. The molecule has 2 aliphatic carbocycles. The number of fused-ring (bicyclic) bond motifs is 6. The summed E-state index contributed by atoms with van der Waals surface area (Å²) in [5.41, 5.74) is 16.2. The predicted octanol–water partition coefficient (Wildman–Crippen LogP) is 17.3. The monoisotopic (exact) mass is 1100 g/mol. The van der Waals surface area contributed by atoms with E-state index in [0.717, 1.165) is 104 Å². The summed E-state index contributed by atoms with van der Waals surface area (Å²) in [5, 5.41) is 12.5. The first kappa shape index (κ1) is 44.4. The van der Waals surface area contributed by atoms with Crippen LogP contribution < -0.4 is 0 Å². The second-order valence-corrected chi connectivity index (χ2v) is 19.6. The Kier molecular flexibility index (Phi) is 12.8. The van der Waals surface area contributed by atoms with Crippen molar-refractivity contribution < 1.29 is 9.90 Å². The SMILES string of the molecule is Brc1ccc(I)cc1.O=C1c2cc(-c3ccccc3)ccc2-c2ccc(-c3ccccc3)cc21.OC1(c2ccc(Br)cc2)c2cc(-c3ccccc3)ccc2-c2ccc(-c3ccccc3)cc21. The second-order valence-electron chi connectivity index (χ2n) is 16.5. The van der Waals surface area contributed by atoms with Gasteiger partial charge < -0.3 is 5.11 Å². The Bertz CT molecular complexity index is 3170. The minimum Gasteiger partial charge on any atom is -0.376 e. The second kappa shape index (κ2) is 19.4. The summed E-state index contributed by atoms with van der Waals surface area (Å²) in [6.07, 6.45) is 0. The van der Waals surface area contributed by atoms with Gasteiger partial charge in [-0.25, -0.2) is 0 Å². The lowest BCUT2D eigenvalue weighted by atomic mass is 9.82. The van der Waals surface area contributed by atoms with Gasteiger partial charge in [0.15, 0.2) is 5.78 Å². The summed E-state index contributed by atoms with van der Waals surface area (Å²) in [4.78, 5) is 13.1. The van der Waals surface area contributed by atoms with Gasteiger partial charge in [0.25, 0.3) is 0 Å². The number of benzene rings is 10. The largest absolute Gasteiger partial charge is 0.376 e. The normalized spacial score (nSPS) is 12.3. The van der Waals surface area contributed by atoms with E-state index in [1.165, 1.54) is 3.57 Å². The Labute approximate surface area is 422 Å². The lowest BCUT2D eigenvalue weighted by molar-refractivity contribution is 0.104. The number of aliphatic hydroxyl groups is 1. The Morgan fingerprint density at radius 3 is 0.985 bits per heavy atom. The number of carbonyl (C=O) groups excluding carboxylic acids is 1. The molecule has 1 N–H and O–H groups in total. The molecule has 0 saturated heterocycles. The van der Waals surface area contributed by atoms with E-state index in [1.54, 1.807) is 0 Å². The first-order valence-electron chi connectivity index (χ1n) is 22.0. The maximum absolute atomic E-state index is 13.1. The van der Waals surface area contributed by atoms with Crippen LogP contribution in [-0.2, 0) is 5.60 Å². The molecular formula is C62H41Br2IO2. The van der Waals surface area contributed by atoms with Crippen molar-refractivity contribution in [3.8, 4) is 66.8 Å². The summed E-state index contributed by atoms with van der Waals surface area (Å²) in [6.45, 7) is 0. The van der Waals surface area contributed by atoms with E-state index < -0.39 is 5.60 Å². The molecule has 0 radical (unpaired) electrons. The average Bonchev–Trinajstić information content (AvgIpc) is 3.82. The predicted molar refractivity (Wildman–Crippen MR) is 292 cm³/mol. The van der Waals surface area contributed by atoms with E-state index in [4.69, 9.17) is 0 Å². The van der Waals surface area contributed by atoms with Gasteiger partial charge in [-0.3, -0.25) is 4.79 Å². The molecule has 12 rings (SSSR count). The van der Waals surface area contributed by atoms with E-state index in [0.29, 0.717) is 0 Å². The molecule has 0 atom stereocenters. The zero-order valence-electron chi connectivity index (χ0n) is 36.1. The molecule has 0 aromatic heterocycles. The smallest absolute Gasteiger partial charge is 0.194 e. The first-order valence-corrected chi connectivity index (χ1v) is 24.6. The number of carbonyl (C=O) groups is 1. The minimum absolute atomic E-state index is 0.116. The van der Waals surface area contributed by atoms with Gasteiger partial charge in [-0.2, -0.15) is 0 Å². The molecule has 0 aliphatic heterocycles. The van der Waals surface area contributed by atoms with Crippen LogP contribution in [0.15, 0.2) is 252 Å². The fourth-order valence-electron chi connectivity index (χ4n) is 9.05. The molecule has 0 fully saturated rings. The summed E-state index contributed by atoms with van der Waals surface area (Å²) in [5.74, 6) is 0.116. The van der Waals surface area contributed by atoms with Crippen LogP contribution in [0.5, 0.6) is 0 Å². The fourth-order valence-corrected chi connectivity index (χ4v) is 9.94. The summed E-state index contributed by atoms with van der Waals surface area (Å²) >= 11 is 9.16. The summed E-state index contributed by atoms with van der Waals surface area (Å²) in [7, 11) is 0. The van der Waals surface area contributed by atoms with E-state index in [-0.39, 0.29) is 5.78 Å². The molecule has 10 aromatic rings. The molecule has 0 saturated carbocycles. The van der Waals surface area contributed by atoms with Crippen molar-refractivity contribution in [1.29, 1.82) is 0 Å². The quantitative estimate of drug-likeness (QED) is 0.174. The summed E-state index contributed by atoms with van der Waals surface area (Å²) in [6, 6.07) is 82.5. The third-order valence-corrected chi connectivity index (χ3v) is 14.2. The maximum atomic E-state index is 13.1. The van der Waals surface area contributed by atoms with Crippen LogP contribution in [-0.4, -0.2) is 10.9 Å². The molecule has 0 bridgehead atoms. The Morgan fingerprint density at radius 1 is 0.328 bits per heavy atom. The van der Waals surface area contributed by atoms with Crippen molar-refractivity contribution >= 4 is 60.2 Å². The number of hydrogen-bond acceptors (Lipinski definition) is 2. The van der Waals surface area contributed by atoms with Crippen LogP contribution in [0.3, 0.4) is 0 Å². The molecule has 0 heterocycles. The number of hydrogen-bond donors (Lipinski definition) is 1. The first-order chi connectivity index (χ1) is 32.7. The maximum Gasteiger partial charge on any atom is 0.194 e. The van der Waals surface area contributed by atoms with Crippen LogP contribution in [0, 0.1) is 3.57 Å². The van der Waals surface area contributed by atoms with Crippen molar-refractivity contribution in [2.24, 2.45) is 0 Å². The highest BCUT2D eigenvalue weighted by Crippen LogP contribution is 2.53. The molecular weight excluding hydrogens is 1060 g/mol. The Morgan fingerprint density at radius 2 is 0.642 bits per heavy atom. The van der Waals surface area contributed by atoms with Gasteiger partial charge in [-0.15, -0.1) is 0 Å². The third kappa shape index (κ3) is 9.05. The van der Waals surface area contributed by atoms with Gasteiger partial charge in [0.1, 0.15) is 5.60 Å². The van der Waals surface area contributed by atoms with Crippen molar-refractivity contribution in [3.05, 3.63) is 283 Å². The molecule has 5 heteroatoms. The van der Waals surface area contributed by atoms with Crippen molar-refractivity contribution in [3.63, 3.8) is 0 Å². The van der Waals surface area contributed by atoms with Crippen LogP contribution in [0.2, 0.25) is 0 Å². The third-order valence-electron chi connectivity index (χ3n) is 12.4. The Hall–Kier alpha value is -6.48. The van der Waals surface area contributed by atoms with Crippen molar-refractivity contribution in [1.82, 2.24) is 0 Å². The fraction of sp³-hybridized carbons (Fsp3) is 0.0161. The van der Waals surface area contributed by atoms with Gasteiger partial charge in [-0.1, -0.05) is 214 Å². The molecule has 0 unspecified atom stereocenters. The number of halogens is 3. The number of rotatable bonds is 5. The van der Waals surface area contributed by atoms with E-state index in [1.807, 2.05) is 121 Å². The standard InChI is InChI=1S/C31H21BrO.C25H16O.C6H4BrI/c32-26-15-13-25(14-16-26)31(33)29-19-23(21-7-3-1-4-8-21)11-17-27(29)28-18-12-24(20-30(28)31)22-9-5-2-6-10-22;26-25-23-15-19(17-7-3-1-4-8-17)11-13-21(23)22-14-12-20(16-24(22)25)18-9-5-2-6-10-18;7-5-1-3-6(8)4-2-5/h1-20,33H;1-16H;1-4H. The van der Waals surface area contributed by atoms with Gasteiger partial charge in [0, 0.05) is 34.8 Å². The average molecular weight is 1100 g/mol. The van der Waals surface area contributed by atoms with Crippen LogP contribution >= 0.6 is 54.5 Å². The van der Waals surface area contributed by atoms with Crippen LogP contribution in [0.1, 0.15) is 32.6 Å². The number of ketones is 1. The lowest BCUT2D eigenvalue weighted by Crippen LogP contribution is -2.26. The summed E-state index contributed by atoms with van der Waals surface area (Å²) < 4.78 is 3.40. The van der Waals surface area contributed by atoms with E-state index in [2.05, 4.69) is 176 Å². The molecule has 67 heavy (non-hydrogen) atoms. The molecule has 2 nitrogen and oxygen atoms in total. The molecule has 0 spiro atoms. The minimum atomic E-state index is -1.24. The van der Waals surface area contributed by atoms with Crippen LogP contribution in [0.4, 0.5) is 0 Å². The van der Waals surface area contributed by atoms with Gasteiger partial charge in [0.05, 0.1) is 0 Å². The molecule has 10 aromatic carbocycles. The van der Waals surface area contributed by atoms with Gasteiger partial charge in [-0.05, 0) is 156 Å². The zero-order chi connectivity index (χ0) is 45.9. The molecule has 0 amide bonds. The van der Waals surface area contributed by atoms with Gasteiger partial charge >= 0.3 is 0 Å². The van der Waals surface area contributed by atoms with E-state index >= 15 is 0 Å². The topological polar surface area (TPSA) is 37.3 Å². The Balaban J connectivity index is 0.000000137. The highest BCUT2D eigenvalue weighted by molar-refractivity contribution is 14.1. The zero-order valence-corrected chi connectivity index (χ0v) is 41.4. The molecule has 2 aliphatic rings. The molecule has 322 valence electrons. The van der Waals surface area contributed by atoms with Gasteiger partial charge in [0.2, 0.25) is 0 Å². The van der Waals surface area contributed by atoms with Crippen LogP contribution in [0.25, 0.3) is 66.8 Å². The highest BCUT2D eigenvalue weighted by Gasteiger charge is 2.43. The van der Waals surface area contributed by atoms with Crippen molar-refractivity contribution in [2.45, 2.75) is 5.60 Å². The van der Waals surface area contributed by atoms with E-state index in [9.17, 15) is 9.90 Å².